The third kappa shape index (κ3) is 6.63. The molecule has 1 aromatic rings. The van der Waals surface area contributed by atoms with Crippen molar-refractivity contribution in [3.63, 3.8) is 0 Å². The second kappa shape index (κ2) is 10.2. The molecule has 1 rings (SSSR count). The maximum Gasteiger partial charge on any atom is 0.253 e. The normalized spacial score (nSPS) is 10.4. The van der Waals surface area contributed by atoms with Crippen molar-refractivity contribution < 1.29 is 9.53 Å². The Morgan fingerprint density at radius 3 is 2.67 bits per heavy atom. The zero-order valence-electron chi connectivity index (χ0n) is 13.5. The van der Waals surface area contributed by atoms with Crippen molar-refractivity contribution in [1.29, 1.82) is 0 Å². The Kier molecular flexibility index (Phi) is 8.51. The summed E-state index contributed by atoms with van der Waals surface area (Å²) in [6.07, 6.45) is 3.22. The number of aryl methyl sites for hydroxylation is 1. The highest BCUT2D eigenvalue weighted by atomic mass is 16.5. The van der Waals surface area contributed by atoms with Gasteiger partial charge in [0.05, 0.1) is 12.2 Å². The molecule has 0 aliphatic heterocycles. The van der Waals surface area contributed by atoms with Crippen LogP contribution < -0.4 is 10.6 Å². The summed E-state index contributed by atoms with van der Waals surface area (Å²) in [4.78, 5) is 12.2. The molecule has 118 valence electrons. The molecular formula is C17H28N2O2. The summed E-state index contributed by atoms with van der Waals surface area (Å²) in [7, 11) is 0. The molecule has 21 heavy (non-hydrogen) atoms. The lowest BCUT2D eigenvalue weighted by atomic mass is 10.1. The average molecular weight is 292 g/mol. The Labute approximate surface area is 128 Å². The van der Waals surface area contributed by atoms with Crippen molar-refractivity contribution in [1.82, 2.24) is 5.32 Å². The summed E-state index contributed by atoms with van der Waals surface area (Å²) < 4.78 is 5.44. The van der Waals surface area contributed by atoms with Crippen LogP contribution in [0.5, 0.6) is 0 Å². The number of carbonyl (C=O) groups is 1. The van der Waals surface area contributed by atoms with Gasteiger partial charge in [0, 0.05) is 25.4 Å². The minimum absolute atomic E-state index is 0.0484. The maximum absolute atomic E-state index is 12.2. The summed E-state index contributed by atoms with van der Waals surface area (Å²) >= 11 is 0. The van der Waals surface area contributed by atoms with E-state index in [4.69, 9.17) is 4.74 Å². The number of nitrogens with one attached hydrogen (secondary N) is 2. The summed E-state index contributed by atoms with van der Waals surface area (Å²) in [6.45, 7) is 9.01. The Balaban J connectivity index is 2.48. The van der Waals surface area contributed by atoms with Gasteiger partial charge in [-0.1, -0.05) is 26.3 Å². The van der Waals surface area contributed by atoms with Crippen LogP contribution in [0.4, 0.5) is 5.69 Å². The second-order valence-corrected chi connectivity index (χ2v) is 5.20. The first kappa shape index (κ1) is 17.5. The summed E-state index contributed by atoms with van der Waals surface area (Å²) in [6, 6.07) is 5.85. The van der Waals surface area contributed by atoms with Gasteiger partial charge in [0.15, 0.2) is 0 Å². The molecular weight excluding hydrogens is 264 g/mol. The first-order chi connectivity index (χ1) is 10.2. The third-order valence-electron chi connectivity index (χ3n) is 3.16. The highest BCUT2D eigenvalue weighted by Gasteiger charge is 2.10. The molecule has 0 unspecified atom stereocenters. The van der Waals surface area contributed by atoms with Gasteiger partial charge in [-0.15, -0.1) is 0 Å². The van der Waals surface area contributed by atoms with Crippen LogP contribution in [0, 0.1) is 6.92 Å². The van der Waals surface area contributed by atoms with E-state index in [0.29, 0.717) is 18.7 Å². The first-order valence-electron chi connectivity index (χ1n) is 7.89. The van der Waals surface area contributed by atoms with Crippen LogP contribution in [0.25, 0.3) is 0 Å². The lowest BCUT2D eigenvalue weighted by Crippen LogP contribution is -2.28. The lowest BCUT2D eigenvalue weighted by molar-refractivity contribution is 0.0913. The maximum atomic E-state index is 12.2. The van der Waals surface area contributed by atoms with Crippen LogP contribution >= 0.6 is 0 Å². The number of amides is 1. The van der Waals surface area contributed by atoms with E-state index in [9.17, 15) is 4.79 Å². The topological polar surface area (TPSA) is 50.4 Å². The van der Waals surface area contributed by atoms with Gasteiger partial charge in [0.1, 0.15) is 0 Å². The SMILES string of the molecule is CCCCOCCNC(=O)c1ccc(C)cc1NCCC. The lowest BCUT2D eigenvalue weighted by Gasteiger charge is -2.13. The van der Waals surface area contributed by atoms with Crippen LogP contribution in [0.3, 0.4) is 0 Å². The van der Waals surface area contributed by atoms with E-state index in [-0.39, 0.29) is 5.91 Å². The van der Waals surface area contributed by atoms with Crippen LogP contribution in [0.15, 0.2) is 18.2 Å². The molecule has 2 N–H and O–H groups in total. The van der Waals surface area contributed by atoms with Crippen LogP contribution in [0.2, 0.25) is 0 Å². The molecule has 0 aliphatic rings. The summed E-state index contributed by atoms with van der Waals surface area (Å²) in [5.74, 6) is -0.0484. The van der Waals surface area contributed by atoms with E-state index < -0.39 is 0 Å². The number of ether oxygens (including phenoxy) is 1. The molecule has 0 saturated heterocycles. The Hall–Kier alpha value is -1.55. The highest BCUT2D eigenvalue weighted by Crippen LogP contribution is 2.17. The molecule has 4 heteroatoms. The predicted molar refractivity (Wildman–Crippen MR) is 88.0 cm³/mol. The van der Waals surface area contributed by atoms with Gasteiger partial charge in [0.2, 0.25) is 0 Å². The van der Waals surface area contributed by atoms with Crippen molar-refractivity contribution in [3.05, 3.63) is 29.3 Å². The predicted octanol–water partition coefficient (Wildman–Crippen LogP) is 3.36. The van der Waals surface area contributed by atoms with Crippen LogP contribution in [-0.4, -0.2) is 32.2 Å². The Bertz CT molecular complexity index is 433. The van der Waals surface area contributed by atoms with E-state index in [1.54, 1.807) is 0 Å². The molecule has 1 amide bonds. The highest BCUT2D eigenvalue weighted by molar-refractivity contribution is 5.99. The first-order valence-corrected chi connectivity index (χ1v) is 7.89. The van der Waals surface area contributed by atoms with Gasteiger partial charge < -0.3 is 15.4 Å². The molecule has 0 heterocycles. The fraction of sp³-hybridized carbons (Fsp3) is 0.588. The largest absolute Gasteiger partial charge is 0.384 e. The van der Waals surface area contributed by atoms with Crippen molar-refractivity contribution in [2.45, 2.75) is 40.0 Å². The minimum Gasteiger partial charge on any atom is -0.384 e. The number of benzene rings is 1. The molecule has 4 nitrogen and oxygen atoms in total. The molecule has 0 aliphatic carbocycles. The minimum atomic E-state index is -0.0484. The number of carbonyl (C=O) groups excluding carboxylic acids is 1. The smallest absolute Gasteiger partial charge is 0.253 e. The zero-order chi connectivity index (χ0) is 15.5. The van der Waals surface area contributed by atoms with Gasteiger partial charge in [0.25, 0.3) is 5.91 Å². The van der Waals surface area contributed by atoms with E-state index in [0.717, 1.165) is 43.7 Å². The van der Waals surface area contributed by atoms with Crippen LogP contribution in [-0.2, 0) is 4.74 Å². The van der Waals surface area contributed by atoms with E-state index in [1.165, 1.54) is 0 Å². The average Bonchev–Trinajstić information content (AvgIpc) is 2.48. The third-order valence-corrected chi connectivity index (χ3v) is 3.16. The van der Waals surface area contributed by atoms with Crippen molar-refractivity contribution in [3.8, 4) is 0 Å². The molecule has 0 radical (unpaired) electrons. The molecule has 0 fully saturated rings. The van der Waals surface area contributed by atoms with Crippen molar-refractivity contribution >= 4 is 11.6 Å². The number of hydrogen-bond acceptors (Lipinski definition) is 3. The fourth-order valence-electron chi connectivity index (χ4n) is 1.94. The second-order valence-electron chi connectivity index (χ2n) is 5.20. The van der Waals surface area contributed by atoms with Gasteiger partial charge in [-0.3, -0.25) is 4.79 Å². The van der Waals surface area contributed by atoms with Gasteiger partial charge in [-0.2, -0.15) is 0 Å². The van der Waals surface area contributed by atoms with Gasteiger partial charge in [-0.05, 0) is 37.5 Å². The van der Waals surface area contributed by atoms with Crippen molar-refractivity contribution in [2.24, 2.45) is 0 Å². The number of rotatable bonds is 10. The van der Waals surface area contributed by atoms with E-state index in [2.05, 4.69) is 24.5 Å². The monoisotopic (exact) mass is 292 g/mol. The van der Waals surface area contributed by atoms with E-state index in [1.807, 2.05) is 25.1 Å². The Morgan fingerprint density at radius 1 is 1.14 bits per heavy atom. The standard InChI is InChI=1S/C17H28N2O2/c1-4-6-11-21-12-10-19-17(20)15-8-7-14(3)13-16(15)18-9-5-2/h7-8,13,18H,4-6,9-12H2,1-3H3,(H,19,20). The quantitative estimate of drug-likeness (QED) is 0.650. The van der Waals surface area contributed by atoms with Crippen molar-refractivity contribution in [2.75, 3.05) is 31.6 Å². The van der Waals surface area contributed by atoms with Crippen LogP contribution in [0.1, 0.15) is 49.0 Å². The van der Waals surface area contributed by atoms with E-state index >= 15 is 0 Å². The molecule has 0 bridgehead atoms. The number of anilines is 1. The van der Waals surface area contributed by atoms with Gasteiger partial charge >= 0.3 is 0 Å². The molecule has 1 aromatic carbocycles. The Morgan fingerprint density at radius 2 is 1.95 bits per heavy atom. The number of hydrogen-bond donors (Lipinski definition) is 2. The summed E-state index contributed by atoms with van der Waals surface area (Å²) in [5.41, 5.74) is 2.75. The van der Waals surface area contributed by atoms with Gasteiger partial charge in [-0.25, -0.2) is 0 Å². The summed E-state index contributed by atoms with van der Waals surface area (Å²) in [5, 5.41) is 6.22. The number of unbranched alkanes of at least 4 members (excludes halogenated alkanes) is 1. The molecule has 0 aromatic heterocycles. The fourth-order valence-corrected chi connectivity index (χ4v) is 1.94. The molecule has 0 spiro atoms. The molecule has 0 saturated carbocycles. The zero-order valence-corrected chi connectivity index (χ0v) is 13.5. The molecule has 0 atom stereocenters.